The predicted molar refractivity (Wildman–Crippen MR) is 130 cm³/mol. The molecule has 0 bridgehead atoms. The Morgan fingerprint density at radius 2 is 2.10 bits per heavy atom. The molecule has 2 aromatic heterocycles. The molecule has 4 rings (SSSR count). The number of halogens is 1. The van der Waals surface area contributed by atoms with Crippen LogP contribution in [0.15, 0.2) is 35.7 Å². The van der Waals surface area contributed by atoms with Gasteiger partial charge in [0.15, 0.2) is 5.13 Å². The number of benzene rings is 1. The monoisotopic (exact) mass is 481 g/mol. The average molecular weight is 482 g/mol. The van der Waals surface area contributed by atoms with E-state index in [1.807, 2.05) is 47.5 Å². The molecule has 168 valence electrons. The van der Waals surface area contributed by atoms with Gasteiger partial charge in [-0.15, -0.1) is 23.7 Å². The third-order valence-electron chi connectivity index (χ3n) is 5.07. The molecule has 0 spiro atoms. The Morgan fingerprint density at radius 1 is 1.26 bits per heavy atom. The van der Waals surface area contributed by atoms with Crippen LogP contribution in [0.3, 0.4) is 0 Å². The van der Waals surface area contributed by atoms with Gasteiger partial charge in [0.2, 0.25) is 5.91 Å². The third kappa shape index (κ3) is 6.17. The van der Waals surface area contributed by atoms with Gasteiger partial charge in [0.1, 0.15) is 11.3 Å². The Labute approximate surface area is 197 Å². The van der Waals surface area contributed by atoms with E-state index in [0.717, 1.165) is 65.2 Å². The van der Waals surface area contributed by atoms with Crippen LogP contribution >= 0.6 is 35.1 Å². The fraction of sp³-hybridized carbons (Fsp3) is 0.455. The van der Waals surface area contributed by atoms with E-state index in [1.54, 1.807) is 22.7 Å². The van der Waals surface area contributed by atoms with Gasteiger partial charge in [0.25, 0.3) is 0 Å². The lowest BCUT2D eigenvalue weighted by Gasteiger charge is -2.27. The molecule has 1 aliphatic rings. The highest BCUT2D eigenvalue weighted by Crippen LogP contribution is 2.34. The molecule has 0 unspecified atom stereocenters. The molecule has 0 N–H and O–H groups in total. The zero-order chi connectivity index (χ0) is 20.8. The van der Waals surface area contributed by atoms with Crippen molar-refractivity contribution in [2.45, 2.75) is 19.8 Å². The average Bonchev–Trinajstić information content (AvgIpc) is 3.42. The highest BCUT2D eigenvalue weighted by Gasteiger charge is 2.22. The number of amides is 1. The van der Waals surface area contributed by atoms with Crippen molar-refractivity contribution in [3.63, 3.8) is 0 Å². The molecule has 1 aliphatic heterocycles. The number of ether oxygens (including phenoxy) is 2. The lowest BCUT2D eigenvalue weighted by atomic mass is 10.3. The molecule has 31 heavy (non-hydrogen) atoms. The zero-order valence-electron chi connectivity index (χ0n) is 17.6. The summed E-state index contributed by atoms with van der Waals surface area (Å²) in [6, 6.07) is 9.95. The number of para-hydroxylation sites is 1. The summed E-state index contributed by atoms with van der Waals surface area (Å²) in [6.45, 7) is 7.68. The van der Waals surface area contributed by atoms with Crippen LogP contribution in [0.25, 0.3) is 10.2 Å². The molecule has 1 fully saturated rings. The van der Waals surface area contributed by atoms with E-state index in [0.29, 0.717) is 19.6 Å². The Hall–Kier alpha value is -1.71. The van der Waals surface area contributed by atoms with Crippen LogP contribution < -0.4 is 9.64 Å². The van der Waals surface area contributed by atoms with Crippen LogP contribution in [0.5, 0.6) is 5.75 Å². The van der Waals surface area contributed by atoms with Crippen LogP contribution in [-0.4, -0.2) is 61.8 Å². The van der Waals surface area contributed by atoms with Gasteiger partial charge in [-0.1, -0.05) is 23.5 Å². The van der Waals surface area contributed by atoms with Crippen LogP contribution in [-0.2, 0) is 16.0 Å². The Bertz CT molecular complexity index is 958. The third-order valence-corrected chi connectivity index (χ3v) is 6.99. The Balaban J connectivity index is 0.00000272. The predicted octanol–water partition coefficient (Wildman–Crippen LogP) is 4.48. The topological polar surface area (TPSA) is 54.9 Å². The van der Waals surface area contributed by atoms with Gasteiger partial charge in [-0.3, -0.25) is 14.6 Å². The van der Waals surface area contributed by atoms with Gasteiger partial charge in [-0.05, 0) is 36.9 Å². The largest absolute Gasteiger partial charge is 0.492 e. The van der Waals surface area contributed by atoms with Crippen molar-refractivity contribution in [2.24, 2.45) is 0 Å². The van der Waals surface area contributed by atoms with E-state index < -0.39 is 0 Å². The number of nitrogens with zero attached hydrogens (tertiary/aromatic N) is 3. The zero-order valence-corrected chi connectivity index (χ0v) is 20.1. The maximum absolute atomic E-state index is 13.2. The minimum atomic E-state index is 0. The fourth-order valence-electron chi connectivity index (χ4n) is 3.56. The molecule has 1 amide bonds. The first kappa shape index (κ1) is 23.9. The van der Waals surface area contributed by atoms with E-state index in [2.05, 4.69) is 4.90 Å². The number of rotatable bonds is 9. The fourth-order valence-corrected chi connectivity index (χ4v) is 5.28. The second-order valence-electron chi connectivity index (χ2n) is 7.14. The van der Waals surface area contributed by atoms with Crippen molar-refractivity contribution in [3.8, 4) is 5.75 Å². The molecule has 9 heteroatoms. The standard InChI is InChI=1S/C22H27N3O3S2.ClH/c1-2-28-18-7-3-8-19-21(18)23-22(30-19)25(20(26)16-17-6-4-15-29-17)10-5-9-24-11-13-27-14-12-24;/h3-4,6-8,15H,2,5,9-14,16H2,1H3;1H. The van der Waals surface area contributed by atoms with Crippen LogP contribution in [0, 0.1) is 0 Å². The number of hydrogen-bond acceptors (Lipinski definition) is 7. The summed E-state index contributed by atoms with van der Waals surface area (Å²) in [7, 11) is 0. The van der Waals surface area contributed by atoms with Crippen molar-refractivity contribution >= 4 is 56.3 Å². The molecule has 0 atom stereocenters. The Kier molecular flexibility index (Phi) is 9.10. The summed E-state index contributed by atoms with van der Waals surface area (Å²) < 4.78 is 12.2. The number of anilines is 1. The first-order chi connectivity index (χ1) is 14.7. The van der Waals surface area contributed by atoms with Gasteiger partial charge in [0.05, 0.1) is 30.9 Å². The van der Waals surface area contributed by atoms with Crippen LogP contribution in [0.2, 0.25) is 0 Å². The second kappa shape index (κ2) is 11.8. The van der Waals surface area contributed by atoms with Gasteiger partial charge in [0, 0.05) is 31.1 Å². The van der Waals surface area contributed by atoms with E-state index in [9.17, 15) is 4.79 Å². The first-order valence-electron chi connectivity index (χ1n) is 10.4. The van der Waals surface area contributed by atoms with Gasteiger partial charge >= 0.3 is 0 Å². The van der Waals surface area contributed by atoms with Gasteiger partial charge < -0.3 is 9.47 Å². The van der Waals surface area contributed by atoms with Crippen molar-refractivity contribution in [3.05, 3.63) is 40.6 Å². The number of morpholine rings is 1. The molecule has 0 aliphatic carbocycles. The summed E-state index contributed by atoms with van der Waals surface area (Å²) in [5.41, 5.74) is 0.835. The number of thiazole rings is 1. The van der Waals surface area contributed by atoms with E-state index in [4.69, 9.17) is 14.5 Å². The SMILES string of the molecule is CCOc1cccc2sc(N(CCCN3CCOCC3)C(=O)Cc3cccs3)nc12.Cl. The minimum absolute atomic E-state index is 0. The van der Waals surface area contributed by atoms with E-state index >= 15 is 0 Å². The molecular weight excluding hydrogens is 454 g/mol. The van der Waals surface area contributed by atoms with Crippen molar-refractivity contribution in [1.82, 2.24) is 9.88 Å². The van der Waals surface area contributed by atoms with Gasteiger partial charge in [-0.2, -0.15) is 0 Å². The molecular formula is C22H28ClN3O3S2. The number of carbonyl (C=O) groups excluding carboxylic acids is 1. The summed E-state index contributed by atoms with van der Waals surface area (Å²) in [5, 5.41) is 2.76. The van der Waals surface area contributed by atoms with Crippen molar-refractivity contribution < 1.29 is 14.3 Å². The molecule has 1 saturated heterocycles. The van der Waals surface area contributed by atoms with Crippen molar-refractivity contribution in [1.29, 1.82) is 0 Å². The molecule has 6 nitrogen and oxygen atoms in total. The number of fused-ring (bicyclic) bond motifs is 1. The molecule has 3 aromatic rings. The second-order valence-corrected chi connectivity index (χ2v) is 9.18. The lowest BCUT2D eigenvalue weighted by molar-refractivity contribution is -0.118. The van der Waals surface area contributed by atoms with Crippen molar-refractivity contribution in [2.75, 3.05) is 50.9 Å². The molecule has 3 heterocycles. The Morgan fingerprint density at radius 3 is 2.84 bits per heavy atom. The van der Waals surface area contributed by atoms with E-state index in [1.165, 1.54) is 0 Å². The highest BCUT2D eigenvalue weighted by molar-refractivity contribution is 7.22. The number of thiophene rings is 1. The maximum atomic E-state index is 13.2. The summed E-state index contributed by atoms with van der Waals surface area (Å²) >= 11 is 3.17. The summed E-state index contributed by atoms with van der Waals surface area (Å²) in [5.74, 6) is 0.868. The maximum Gasteiger partial charge on any atom is 0.234 e. The smallest absolute Gasteiger partial charge is 0.234 e. The minimum Gasteiger partial charge on any atom is -0.492 e. The van der Waals surface area contributed by atoms with Gasteiger partial charge in [-0.25, -0.2) is 4.98 Å². The van der Waals surface area contributed by atoms with Crippen LogP contribution in [0.4, 0.5) is 5.13 Å². The molecule has 1 aromatic carbocycles. The number of aromatic nitrogens is 1. The molecule has 0 radical (unpaired) electrons. The quantitative estimate of drug-likeness (QED) is 0.451. The molecule has 0 saturated carbocycles. The number of carbonyl (C=O) groups is 1. The van der Waals surface area contributed by atoms with Crippen LogP contribution in [0.1, 0.15) is 18.2 Å². The summed E-state index contributed by atoms with van der Waals surface area (Å²) in [6.07, 6.45) is 1.31. The number of hydrogen-bond donors (Lipinski definition) is 0. The first-order valence-corrected chi connectivity index (χ1v) is 12.1. The summed E-state index contributed by atoms with van der Waals surface area (Å²) in [4.78, 5) is 23.4. The normalized spacial score (nSPS) is 14.4. The highest BCUT2D eigenvalue weighted by atomic mass is 35.5. The van der Waals surface area contributed by atoms with E-state index in [-0.39, 0.29) is 18.3 Å². The lowest BCUT2D eigenvalue weighted by Crippen LogP contribution is -2.39.